The van der Waals surface area contributed by atoms with Crippen molar-refractivity contribution in [2.24, 2.45) is 0 Å². The summed E-state index contributed by atoms with van der Waals surface area (Å²) in [5, 5.41) is 0. The van der Waals surface area contributed by atoms with Crippen molar-refractivity contribution in [2.75, 3.05) is 0 Å². The molecular weight excluding hydrogens is 282 g/mol. The minimum atomic E-state index is -3.54. The molecular formula is C9H8ClN3O2S2. The minimum absolute atomic E-state index is 0.108. The molecule has 0 spiro atoms. The van der Waals surface area contributed by atoms with E-state index in [-0.39, 0.29) is 15.2 Å². The summed E-state index contributed by atoms with van der Waals surface area (Å²) in [6.07, 6.45) is 4.45. The summed E-state index contributed by atoms with van der Waals surface area (Å²) in [6.45, 7) is 0.209. The molecule has 0 aliphatic rings. The smallest absolute Gasteiger partial charge is 0.252 e. The van der Waals surface area contributed by atoms with Gasteiger partial charge in [0.1, 0.15) is 0 Å². The first-order chi connectivity index (χ1) is 8.08. The molecule has 0 saturated heterocycles. The zero-order valence-electron chi connectivity index (χ0n) is 8.50. The molecule has 0 aliphatic heterocycles. The Hall–Kier alpha value is -1.02. The second-order valence-corrected chi connectivity index (χ2v) is 6.72. The maximum Gasteiger partial charge on any atom is 0.252 e. The molecule has 0 saturated carbocycles. The summed E-state index contributed by atoms with van der Waals surface area (Å²) in [6, 6.07) is 3.48. The summed E-state index contributed by atoms with van der Waals surface area (Å²) < 4.78 is 26.4. The van der Waals surface area contributed by atoms with E-state index in [1.54, 1.807) is 24.5 Å². The van der Waals surface area contributed by atoms with E-state index in [2.05, 4.69) is 14.7 Å². The van der Waals surface area contributed by atoms with E-state index in [1.165, 1.54) is 6.20 Å². The monoisotopic (exact) mass is 289 g/mol. The molecule has 8 heteroatoms. The number of thiazole rings is 1. The fourth-order valence-corrected chi connectivity index (χ4v) is 3.47. The molecule has 2 aromatic heterocycles. The highest BCUT2D eigenvalue weighted by molar-refractivity contribution is 7.91. The lowest BCUT2D eigenvalue weighted by molar-refractivity contribution is 0.583. The summed E-state index contributed by atoms with van der Waals surface area (Å²) in [7, 11) is -3.54. The summed E-state index contributed by atoms with van der Waals surface area (Å²) in [5.74, 6) is 0. The Morgan fingerprint density at radius 3 is 2.65 bits per heavy atom. The second kappa shape index (κ2) is 5.09. The van der Waals surface area contributed by atoms with Crippen LogP contribution in [0.15, 0.2) is 34.9 Å². The lowest BCUT2D eigenvalue weighted by Crippen LogP contribution is -2.22. The van der Waals surface area contributed by atoms with Crippen molar-refractivity contribution in [1.82, 2.24) is 14.7 Å². The van der Waals surface area contributed by atoms with E-state index in [0.29, 0.717) is 0 Å². The summed E-state index contributed by atoms with van der Waals surface area (Å²) in [4.78, 5) is 7.54. The molecule has 5 nitrogen and oxygen atoms in total. The van der Waals surface area contributed by atoms with E-state index in [9.17, 15) is 8.42 Å². The van der Waals surface area contributed by atoms with E-state index >= 15 is 0 Å². The zero-order chi connectivity index (χ0) is 12.3. The lowest BCUT2D eigenvalue weighted by Gasteiger charge is -2.03. The maximum atomic E-state index is 11.8. The third kappa shape index (κ3) is 3.22. The number of rotatable bonds is 4. The number of aromatic nitrogens is 2. The van der Waals surface area contributed by atoms with Crippen molar-refractivity contribution in [2.45, 2.75) is 10.8 Å². The average molecular weight is 290 g/mol. The van der Waals surface area contributed by atoms with Gasteiger partial charge in [0.25, 0.3) is 10.0 Å². The second-order valence-electron chi connectivity index (χ2n) is 3.11. The van der Waals surface area contributed by atoms with Gasteiger partial charge >= 0.3 is 0 Å². The van der Waals surface area contributed by atoms with E-state index < -0.39 is 10.0 Å². The first kappa shape index (κ1) is 12.4. The van der Waals surface area contributed by atoms with Gasteiger partial charge in [-0.2, -0.15) is 0 Å². The van der Waals surface area contributed by atoms with Gasteiger partial charge in [0.05, 0.1) is 6.20 Å². The number of sulfonamides is 1. The Bertz CT molecular complexity index is 598. The predicted octanol–water partition coefficient (Wildman–Crippen LogP) is 1.67. The van der Waals surface area contributed by atoms with Crippen molar-refractivity contribution < 1.29 is 8.42 Å². The van der Waals surface area contributed by atoms with Crippen molar-refractivity contribution in [3.63, 3.8) is 0 Å². The molecule has 2 heterocycles. The van der Waals surface area contributed by atoms with Crippen LogP contribution in [0.1, 0.15) is 5.56 Å². The van der Waals surface area contributed by atoms with Gasteiger partial charge in [-0.3, -0.25) is 4.98 Å². The van der Waals surface area contributed by atoms with Gasteiger partial charge in [-0.25, -0.2) is 18.1 Å². The molecule has 0 fully saturated rings. The first-order valence-corrected chi connectivity index (χ1v) is 7.25. The van der Waals surface area contributed by atoms with Crippen LogP contribution < -0.4 is 4.72 Å². The normalized spacial score (nSPS) is 11.6. The quantitative estimate of drug-likeness (QED) is 0.929. The number of halogens is 1. The van der Waals surface area contributed by atoms with E-state index in [1.807, 2.05) is 0 Å². The van der Waals surface area contributed by atoms with Gasteiger partial charge in [0, 0.05) is 18.9 Å². The molecule has 0 aliphatic carbocycles. The highest BCUT2D eigenvalue weighted by Crippen LogP contribution is 2.22. The molecule has 90 valence electrons. The third-order valence-corrected chi connectivity index (χ3v) is 4.91. The Morgan fingerprint density at radius 1 is 1.35 bits per heavy atom. The average Bonchev–Trinajstić information content (AvgIpc) is 2.76. The van der Waals surface area contributed by atoms with Crippen molar-refractivity contribution in [3.8, 4) is 0 Å². The summed E-state index contributed by atoms with van der Waals surface area (Å²) >= 11 is 6.51. The standard InChI is InChI=1S/C9H8ClN3O2S2/c10-9-12-6-8(16-9)17(14,15)13-5-7-1-3-11-4-2-7/h1-4,6,13H,5H2. The fourth-order valence-electron chi connectivity index (χ4n) is 1.11. The highest BCUT2D eigenvalue weighted by atomic mass is 35.5. The van der Waals surface area contributed by atoms with E-state index in [4.69, 9.17) is 11.6 Å². The molecule has 17 heavy (non-hydrogen) atoms. The van der Waals surface area contributed by atoms with Gasteiger partial charge in [0.15, 0.2) is 8.68 Å². The molecule has 0 atom stereocenters. The number of hydrogen-bond donors (Lipinski definition) is 1. The van der Waals surface area contributed by atoms with Gasteiger partial charge < -0.3 is 0 Å². The first-order valence-electron chi connectivity index (χ1n) is 4.58. The lowest BCUT2D eigenvalue weighted by atomic mass is 10.3. The minimum Gasteiger partial charge on any atom is -0.265 e. The van der Waals surface area contributed by atoms with Crippen molar-refractivity contribution >= 4 is 33.0 Å². The number of nitrogens with zero attached hydrogens (tertiary/aromatic N) is 2. The maximum absolute atomic E-state index is 11.8. The van der Waals surface area contributed by atoms with E-state index in [0.717, 1.165) is 16.9 Å². The molecule has 2 aromatic rings. The molecule has 0 radical (unpaired) electrons. The van der Waals surface area contributed by atoms with Crippen molar-refractivity contribution in [1.29, 1.82) is 0 Å². The van der Waals surface area contributed by atoms with Crippen LogP contribution in [0.2, 0.25) is 4.47 Å². The molecule has 0 amide bonds. The van der Waals surface area contributed by atoms with Crippen LogP contribution in [0.3, 0.4) is 0 Å². The topological polar surface area (TPSA) is 72.0 Å². The van der Waals surface area contributed by atoms with Gasteiger partial charge in [-0.1, -0.05) is 22.9 Å². The van der Waals surface area contributed by atoms with Crippen LogP contribution in [-0.4, -0.2) is 18.4 Å². The summed E-state index contributed by atoms with van der Waals surface area (Å²) in [5.41, 5.74) is 0.833. The van der Waals surface area contributed by atoms with Crippen LogP contribution in [0.25, 0.3) is 0 Å². The highest BCUT2D eigenvalue weighted by Gasteiger charge is 2.16. The molecule has 2 rings (SSSR count). The number of hydrogen-bond acceptors (Lipinski definition) is 5. The third-order valence-electron chi connectivity index (χ3n) is 1.94. The number of pyridine rings is 1. The Morgan fingerprint density at radius 2 is 2.06 bits per heavy atom. The molecule has 0 bridgehead atoms. The largest absolute Gasteiger partial charge is 0.265 e. The zero-order valence-corrected chi connectivity index (χ0v) is 10.9. The predicted molar refractivity (Wildman–Crippen MR) is 65.4 cm³/mol. The van der Waals surface area contributed by atoms with Gasteiger partial charge in [-0.15, -0.1) is 0 Å². The van der Waals surface area contributed by atoms with Gasteiger partial charge in [0.2, 0.25) is 0 Å². The Labute approximate surface area is 108 Å². The van der Waals surface area contributed by atoms with Crippen LogP contribution in [0.4, 0.5) is 0 Å². The molecule has 1 N–H and O–H groups in total. The molecule has 0 unspecified atom stereocenters. The van der Waals surface area contributed by atoms with Crippen LogP contribution in [0, 0.1) is 0 Å². The Kier molecular flexibility index (Phi) is 3.72. The fraction of sp³-hybridized carbons (Fsp3) is 0.111. The van der Waals surface area contributed by atoms with Gasteiger partial charge in [-0.05, 0) is 17.7 Å². The molecule has 0 aromatic carbocycles. The SMILES string of the molecule is O=S(=O)(NCc1ccncc1)c1cnc(Cl)s1. The van der Waals surface area contributed by atoms with Crippen molar-refractivity contribution in [3.05, 3.63) is 40.8 Å². The van der Waals surface area contributed by atoms with Crippen LogP contribution in [-0.2, 0) is 16.6 Å². The van der Waals surface area contributed by atoms with Crippen LogP contribution >= 0.6 is 22.9 Å². The number of nitrogens with one attached hydrogen (secondary N) is 1. The van der Waals surface area contributed by atoms with Crippen LogP contribution in [0.5, 0.6) is 0 Å². The Balaban J connectivity index is 2.09.